The van der Waals surface area contributed by atoms with Crippen molar-refractivity contribution in [2.24, 2.45) is 0 Å². The molecular weight excluding hydrogens is 686 g/mol. The fourth-order valence-electron chi connectivity index (χ4n) is 11.0. The van der Waals surface area contributed by atoms with Crippen molar-refractivity contribution in [3.05, 3.63) is 107 Å². The van der Waals surface area contributed by atoms with Crippen LogP contribution in [-0.4, -0.2) is 27.6 Å². The predicted molar refractivity (Wildman–Crippen MR) is 234 cm³/mol. The molecule has 4 aliphatic heterocycles. The van der Waals surface area contributed by atoms with Crippen LogP contribution in [0, 0.1) is 13.8 Å². The number of rotatable bonds is 4. The summed E-state index contributed by atoms with van der Waals surface area (Å²) in [5.41, 5.74) is 17.9. The molecule has 0 fully saturated rings. The summed E-state index contributed by atoms with van der Waals surface area (Å²) in [6, 6.07) is 32.2. The predicted octanol–water partition coefficient (Wildman–Crippen LogP) is 8.67. The minimum Gasteiger partial charge on any atom is -0.497 e. The van der Waals surface area contributed by atoms with Crippen LogP contribution in [0.5, 0.6) is 34.5 Å². The second-order valence-electron chi connectivity index (χ2n) is 17.2. The third-order valence-electron chi connectivity index (χ3n) is 13.3. The van der Waals surface area contributed by atoms with E-state index in [2.05, 4.69) is 120 Å². The molecule has 0 atom stereocenters. The fraction of sp³-hybridized carbons (Fsp3) is 0.200. The van der Waals surface area contributed by atoms with Crippen molar-refractivity contribution in [3.63, 3.8) is 0 Å². The van der Waals surface area contributed by atoms with Crippen LogP contribution in [0.3, 0.4) is 0 Å². The second-order valence-corrected chi connectivity index (χ2v) is 17.2. The van der Waals surface area contributed by atoms with Gasteiger partial charge in [-0.2, -0.15) is 0 Å². The normalized spacial score (nSPS) is 13.9. The van der Waals surface area contributed by atoms with E-state index in [1.165, 1.54) is 104 Å². The summed E-state index contributed by atoms with van der Waals surface area (Å²) in [7, 11) is 3.46. The third kappa shape index (κ3) is 3.97. The van der Waals surface area contributed by atoms with Gasteiger partial charge in [-0.15, -0.1) is 0 Å². The van der Waals surface area contributed by atoms with Crippen LogP contribution < -0.4 is 51.7 Å². The van der Waals surface area contributed by atoms with E-state index >= 15 is 0 Å². The molecule has 0 spiro atoms. The van der Waals surface area contributed by atoms with E-state index in [-0.39, 0.29) is 19.3 Å². The summed E-state index contributed by atoms with van der Waals surface area (Å²) in [5.74, 6) is 5.79. The average Bonchev–Trinajstić information content (AvgIpc) is 3.18. The maximum atomic E-state index is 6.83. The molecule has 56 heavy (non-hydrogen) atoms. The average molecular weight is 726 g/mol. The Kier molecular flexibility index (Phi) is 6.31. The van der Waals surface area contributed by atoms with Gasteiger partial charge < -0.3 is 18.9 Å². The maximum Gasteiger partial charge on any atom is 0.252 e. The van der Waals surface area contributed by atoms with Gasteiger partial charge in [0.25, 0.3) is 13.4 Å². The van der Waals surface area contributed by atoms with Gasteiger partial charge in [0.05, 0.1) is 14.2 Å². The highest BCUT2D eigenvalue weighted by molar-refractivity contribution is 7.01. The molecule has 12 rings (SSSR count). The minimum absolute atomic E-state index is 0.0202. The summed E-state index contributed by atoms with van der Waals surface area (Å²) >= 11 is 0. The number of benzene rings is 8. The first kappa shape index (κ1) is 32.4. The Hall–Kier alpha value is -5.87. The van der Waals surface area contributed by atoms with Crippen LogP contribution in [0.2, 0.25) is 0 Å². The summed E-state index contributed by atoms with van der Waals surface area (Å²) < 4.78 is 25.3. The molecular formula is C50H40B2O4. The lowest BCUT2D eigenvalue weighted by Crippen LogP contribution is -2.58. The van der Waals surface area contributed by atoms with Gasteiger partial charge in [0.15, 0.2) is 0 Å². The van der Waals surface area contributed by atoms with Crippen molar-refractivity contribution in [3.8, 4) is 56.8 Å². The smallest absolute Gasteiger partial charge is 0.252 e. The Balaban J connectivity index is 1.31. The first-order chi connectivity index (χ1) is 27.1. The Bertz CT molecular complexity index is 3100. The van der Waals surface area contributed by atoms with Gasteiger partial charge in [-0.05, 0) is 161 Å². The van der Waals surface area contributed by atoms with Gasteiger partial charge in [0.2, 0.25) is 0 Å². The van der Waals surface area contributed by atoms with Gasteiger partial charge in [-0.25, -0.2) is 0 Å². The largest absolute Gasteiger partial charge is 0.497 e. The van der Waals surface area contributed by atoms with Crippen LogP contribution in [0.15, 0.2) is 84.9 Å². The van der Waals surface area contributed by atoms with E-state index in [0.29, 0.717) is 5.92 Å². The van der Waals surface area contributed by atoms with Crippen LogP contribution in [0.1, 0.15) is 61.8 Å². The molecule has 0 aliphatic carbocycles. The Labute approximate surface area is 327 Å². The zero-order valence-corrected chi connectivity index (χ0v) is 33.0. The first-order valence-electron chi connectivity index (χ1n) is 20.0. The van der Waals surface area contributed by atoms with E-state index < -0.39 is 0 Å². The molecule has 4 aliphatic rings. The van der Waals surface area contributed by atoms with Crippen molar-refractivity contribution >= 4 is 78.5 Å². The zero-order chi connectivity index (χ0) is 38.0. The number of ether oxygens (including phenoxy) is 4. The molecule has 0 amide bonds. The van der Waals surface area contributed by atoms with E-state index in [9.17, 15) is 0 Å². The molecule has 6 heteroatoms. The van der Waals surface area contributed by atoms with Crippen LogP contribution in [0.4, 0.5) is 0 Å². The van der Waals surface area contributed by atoms with Crippen LogP contribution in [0.25, 0.3) is 54.6 Å². The van der Waals surface area contributed by atoms with E-state index in [0.717, 1.165) is 40.0 Å². The molecule has 0 aromatic heterocycles. The molecule has 0 saturated heterocycles. The van der Waals surface area contributed by atoms with Crippen LogP contribution in [-0.2, 0) is 0 Å². The molecule has 0 unspecified atom stereocenters. The Morgan fingerprint density at radius 1 is 0.446 bits per heavy atom. The minimum atomic E-state index is -0.0202. The number of aryl methyl sites for hydroxylation is 2. The lowest BCUT2D eigenvalue weighted by atomic mass is 9.31. The standard InChI is InChI=1S/C50H40B2O4/c1-23(2)29-19-31-35-13-26(6)15-43-49(35)51(37-11-9-25(5)14-41(37)55-43)39-21-34-30(24(3)4)20-32-36-16-28(54-8)18-44-50(36)52(38-12-10-27(53-7)17-42(38)56-44)40-22-33(29)47(45(31)39)48(34)46(32)40/h9-24H,1-8H3. The lowest BCUT2D eigenvalue weighted by molar-refractivity contribution is 0.405. The molecule has 0 saturated carbocycles. The summed E-state index contributed by atoms with van der Waals surface area (Å²) in [6.07, 6.45) is 0. The lowest BCUT2D eigenvalue weighted by Gasteiger charge is -2.38. The molecule has 4 heterocycles. The highest BCUT2D eigenvalue weighted by Crippen LogP contribution is 2.50. The van der Waals surface area contributed by atoms with Gasteiger partial charge in [0.1, 0.15) is 34.5 Å². The maximum absolute atomic E-state index is 6.83. The highest BCUT2D eigenvalue weighted by atomic mass is 16.5. The van der Waals surface area contributed by atoms with Gasteiger partial charge in [-0.1, -0.05) is 75.0 Å². The number of fused-ring (bicyclic) bond motifs is 8. The van der Waals surface area contributed by atoms with E-state index in [1.54, 1.807) is 14.2 Å². The number of methoxy groups -OCH3 is 2. The Morgan fingerprint density at radius 3 is 1.52 bits per heavy atom. The van der Waals surface area contributed by atoms with Crippen molar-refractivity contribution < 1.29 is 18.9 Å². The zero-order valence-electron chi connectivity index (χ0n) is 33.0. The summed E-state index contributed by atoms with van der Waals surface area (Å²) in [6.45, 7) is 13.8. The van der Waals surface area contributed by atoms with Gasteiger partial charge in [-0.3, -0.25) is 0 Å². The van der Waals surface area contributed by atoms with Crippen molar-refractivity contribution in [1.82, 2.24) is 0 Å². The van der Waals surface area contributed by atoms with Crippen molar-refractivity contribution in [1.29, 1.82) is 0 Å². The monoisotopic (exact) mass is 726 g/mol. The Morgan fingerprint density at radius 2 is 0.946 bits per heavy atom. The van der Waals surface area contributed by atoms with Crippen molar-refractivity contribution in [2.75, 3.05) is 14.2 Å². The van der Waals surface area contributed by atoms with Crippen molar-refractivity contribution in [2.45, 2.75) is 53.4 Å². The SMILES string of the molecule is COc1ccc2c(c1)Oc1cc(OC)cc3c1B2c1cc2c(C(C)C)cc4c5c(cc6c(C(C)C)cc-3c1c6c25)B1c2ccc(C)cc2Oc2cc(C)cc-4c21. The molecule has 0 N–H and O–H groups in total. The second kappa shape index (κ2) is 10.9. The molecule has 4 nitrogen and oxygen atoms in total. The quantitative estimate of drug-likeness (QED) is 0.135. The number of hydrogen-bond donors (Lipinski definition) is 0. The highest BCUT2D eigenvalue weighted by Gasteiger charge is 2.44. The van der Waals surface area contributed by atoms with Gasteiger partial charge >= 0.3 is 0 Å². The molecule has 270 valence electrons. The molecule has 8 aromatic rings. The van der Waals surface area contributed by atoms with Gasteiger partial charge in [0, 0.05) is 12.1 Å². The van der Waals surface area contributed by atoms with Crippen LogP contribution >= 0.6 is 0 Å². The number of hydrogen-bond acceptors (Lipinski definition) is 4. The first-order valence-corrected chi connectivity index (χ1v) is 20.0. The van der Waals surface area contributed by atoms with E-state index in [1.807, 2.05) is 6.07 Å². The molecule has 8 aromatic carbocycles. The molecule has 0 bridgehead atoms. The summed E-state index contributed by atoms with van der Waals surface area (Å²) in [4.78, 5) is 0. The summed E-state index contributed by atoms with van der Waals surface area (Å²) in [5, 5.41) is 8.20. The fourth-order valence-corrected chi connectivity index (χ4v) is 11.0. The topological polar surface area (TPSA) is 36.9 Å². The third-order valence-corrected chi connectivity index (χ3v) is 13.3. The van der Waals surface area contributed by atoms with E-state index in [4.69, 9.17) is 18.9 Å². The molecule has 0 radical (unpaired) electrons.